The molecule has 0 radical (unpaired) electrons. The Kier molecular flexibility index (Phi) is 4.51. The summed E-state index contributed by atoms with van der Waals surface area (Å²) < 4.78 is 0. The van der Waals surface area contributed by atoms with E-state index in [9.17, 15) is 9.59 Å². The molecule has 5 heteroatoms. The van der Waals surface area contributed by atoms with Gasteiger partial charge in [0, 0.05) is 18.7 Å². The number of piperidine rings is 1. The molecule has 1 spiro atoms. The summed E-state index contributed by atoms with van der Waals surface area (Å²) in [5.74, 6) is -0.213. The van der Waals surface area contributed by atoms with E-state index < -0.39 is 5.41 Å². The third-order valence-corrected chi connectivity index (χ3v) is 5.69. The normalized spacial score (nSPS) is 19.4. The van der Waals surface area contributed by atoms with E-state index >= 15 is 0 Å². The molecule has 2 aliphatic heterocycles. The second-order valence-electron chi connectivity index (χ2n) is 7.38. The lowest BCUT2D eigenvalue weighted by Crippen LogP contribution is -2.44. The Hall–Kier alpha value is -2.97. The van der Waals surface area contributed by atoms with Gasteiger partial charge >= 0.3 is 0 Å². The number of rotatable bonds is 3. The molecule has 0 aromatic heterocycles. The van der Waals surface area contributed by atoms with E-state index in [1.807, 2.05) is 18.2 Å². The predicted octanol–water partition coefficient (Wildman–Crippen LogP) is 3.78. The fourth-order valence-corrected chi connectivity index (χ4v) is 4.10. The van der Waals surface area contributed by atoms with Crippen LogP contribution in [-0.4, -0.2) is 29.8 Å². The van der Waals surface area contributed by atoms with Crippen LogP contribution in [0.15, 0.2) is 54.6 Å². The highest BCUT2D eigenvalue weighted by atomic mass is 16.2. The zero-order chi connectivity index (χ0) is 18.9. The number of carbonyl (C=O) groups excluding carboxylic acids is 2. The number of hydrogen-bond acceptors (Lipinski definition) is 3. The van der Waals surface area contributed by atoms with Crippen LogP contribution in [0.2, 0.25) is 0 Å². The number of hydrogen-bond donors (Lipinski definition) is 0. The largest absolute Gasteiger partial charge is 0.299 e. The van der Waals surface area contributed by atoms with Gasteiger partial charge in [-0.3, -0.25) is 19.4 Å². The van der Waals surface area contributed by atoms with Gasteiger partial charge in [-0.05, 0) is 43.6 Å². The Labute approximate surface area is 159 Å². The molecule has 2 saturated heterocycles. The van der Waals surface area contributed by atoms with Crippen molar-refractivity contribution in [2.45, 2.75) is 25.8 Å². The summed E-state index contributed by atoms with van der Waals surface area (Å²) in [6.45, 7) is 9.54. The fourth-order valence-electron chi connectivity index (χ4n) is 4.10. The van der Waals surface area contributed by atoms with Crippen molar-refractivity contribution in [1.82, 2.24) is 4.90 Å². The number of benzene rings is 2. The van der Waals surface area contributed by atoms with Crippen LogP contribution < -0.4 is 4.90 Å². The number of carbonyl (C=O) groups is 2. The fraction of sp³-hybridized carbons (Fsp3) is 0.318. The second kappa shape index (κ2) is 6.98. The average Bonchev–Trinajstić information content (AvgIpc) is 2.94. The van der Waals surface area contributed by atoms with Gasteiger partial charge in [-0.2, -0.15) is 0 Å². The summed E-state index contributed by atoms with van der Waals surface area (Å²) in [4.78, 5) is 32.8. The molecule has 0 unspecified atom stereocenters. The summed E-state index contributed by atoms with van der Waals surface area (Å²) in [6, 6.07) is 17.0. The van der Waals surface area contributed by atoms with Gasteiger partial charge in [0.15, 0.2) is 5.69 Å². The van der Waals surface area contributed by atoms with Crippen molar-refractivity contribution < 1.29 is 9.59 Å². The SMILES string of the molecule is [C-]#[N+]c1ccc(N2C(=O)CC3(CCN(Cc4ccccc4)CC3)C2=O)cc1. The van der Waals surface area contributed by atoms with Crippen molar-refractivity contribution in [1.29, 1.82) is 0 Å². The third kappa shape index (κ3) is 3.24. The second-order valence-corrected chi connectivity index (χ2v) is 7.38. The molecule has 0 bridgehead atoms. The zero-order valence-electron chi connectivity index (χ0n) is 15.1. The summed E-state index contributed by atoms with van der Waals surface area (Å²) in [5.41, 5.74) is 1.77. The van der Waals surface area contributed by atoms with Crippen molar-refractivity contribution in [2.24, 2.45) is 5.41 Å². The first-order valence-electron chi connectivity index (χ1n) is 9.22. The molecule has 0 saturated carbocycles. The average molecular weight is 359 g/mol. The van der Waals surface area contributed by atoms with Gasteiger partial charge in [-0.15, -0.1) is 0 Å². The molecule has 2 aromatic carbocycles. The van der Waals surface area contributed by atoms with E-state index in [1.54, 1.807) is 24.3 Å². The maximum atomic E-state index is 13.1. The molecule has 5 nitrogen and oxygen atoms in total. The molecule has 2 aliphatic rings. The monoisotopic (exact) mass is 359 g/mol. The zero-order valence-corrected chi connectivity index (χ0v) is 15.1. The molecule has 4 rings (SSSR count). The summed E-state index contributed by atoms with van der Waals surface area (Å²) in [7, 11) is 0. The van der Waals surface area contributed by atoms with E-state index in [1.165, 1.54) is 10.5 Å². The first-order valence-corrected chi connectivity index (χ1v) is 9.22. The van der Waals surface area contributed by atoms with Gasteiger partial charge < -0.3 is 0 Å². The quantitative estimate of drug-likeness (QED) is 0.619. The molecule has 136 valence electrons. The summed E-state index contributed by atoms with van der Waals surface area (Å²) >= 11 is 0. The number of likely N-dealkylation sites (tertiary alicyclic amines) is 1. The van der Waals surface area contributed by atoms with Gasteiger partial charge in [-0.1, -0.05) is 42.5 Å². The first kappa shape index (κ1) is 17.4. The van der Waals surface area contributed by atoms with Crippen molar-refractivity contribution in [2.75, 3.05) is 18.0 Å². The molecule has 0 atom stereocenters. The van der Waals surface area contributed by atoms with E-state index in [4.69, 9.17) is 6.57 Å². The predicted molar refractivity (Wildman–Crippen MR) is 103 cm³/mol. The van der Waals surface area contributed by atoms with Crippen molar-refractivity contribution in [3.8, 4) is 0 Å². The smallest absolute Gasteiger partial charge is 0.240 e. The maximum Gasteiger partial charge on any atom is 0.240 e. The van der Waals surface area contributed by atoms with Gasteiger partial charge in [0.1, 0.15) is 0 Å². The van der Waals surface area contributed by atoms with Crippen LogP contribution in [0.3, 0.4) is 0 Å². The van der Waals surface area contributed by atoms with Crippen LogP contribution in [0.5, 0.6) is 0 Å². The summed E-state index contributed by atoms with van der Waals surface area (Å²) in [6.07, 6.45) is 1.71. The van der Waals surface area contributed by atoms with Gasteiger partial charge in [-0.25, -0.2) is 4.85 Å². The van der Waals surface area contributed by atoms with Crippen molar-refractivity contribution in [3.05, 3.63) is 71.6 Å². The molecule has 2 fully saturated rings. The number of imide groups is 1. The molecule has 2 heterocycles. The lowest BCUT2D eigenvalue weighted by atomic mass is 9.77. The summed E-state index contributed by atoms with van der Waals surface area (Å²) in [5, 5.41) is 0. The molecule has 2 amide bonds. The Balaban J connectivity index is 1.46. The Morgan fingerprint density at radius 3 is 2.26 bits per heavy atom. The number of anilines is 1. The molecular weight excluding hydrogens is 338 g/mol. The van der Waals surface area contributed by atoms with Crippen molar-refractivity contribution >= 4 is 23.2 Å². The van der Waals surface area contributed by atoms with Crippen LogP contribution in [0.1, 0.15) is 24.8 Å². The van der Waals surface area contributed by atoms with Gasteiger partial charge in [0.2, 0.25) is 11.8 Å². The minimum absolute atomic E-state index is 0.0811. The highest BCUT2D eigenvalue weighted by Gasteiger charge is 2.52. The Morgan fingerprint density at radius 1 is 0.963 bits per heavy atom. The molecule has 27 heavy (non-hydrogen) atoms. The third-order valence-electron chi connectivity index (χ3n) is 5.69. The van der Waals surface area contributed by atoms with Crippen LogP contribution in [0.25, 0.3) is 4.85 Å². The Bertz CT molecular complexity index is 891. The van der Waals surface area contributed by atoms with E-state index in [0.717, 1.165) is 19.6 Å². The number of amides is 2. The molecular formula is C22H21N3O2. The molecule has 0 aliphatic carbocycles. The van der Waals surface area contributed by atoms with Crippen LogP contribution in [0.4, 0.5) is 11.4 Å². The lowest BCUT2D eigenvalue weighted by Gasteiger charge is -2.37. The topological polar surface area (TPSA) is 45.0 Å². The van der Waals surface area contributed by atoms with E-state index in [2.05, 4.69) is 21.9 Å². The molecule has 0 N–H and O–H groups in total. The van der Waals surface area contributed by atoms with E-state index in [-0.39, 0.29) is 18.2 Å². The maximum absolute atomic E-state index is 13.1. The highest BCUT2D eigenvalue weighted by Crippen LogP contribution is 2.44. The molecule has 2 aromatic rings. The van der Waals surface area contributed by atoms with Crippen molar-refractivity contribution in [3.63, 3.8) is 0 Å². The van der Waals surface area contributed by atoms with Gasteiger partial charge in [0.25, 0.3) is 0 Å². The first-order chi connectivity index (χ1) is 13.1. The lowest BCUT2D eigenvalue weighted by molar-refractivity contribution is -0.128. The van der Waals surface area contributed by atoms with Crippen LogP contribution in [0, 0.1) is 12.0 Å². The van der Waals surface area contributed by atoms with Gasteiger partial charge in [0.05, 0.1) is 12.0 Å². The minimum atomic E-state index is -0.567. The highest BCUT2D eigenvalue weighted by molar-refractivity contribution is 6.22. The minimum Gasteiger partial charge on any atom is -0.299 e. The number of nitrogens with zero attached hydrogens (tertiary/aromatic N) is 3. The van der Waals surface area contributed by atoms with Crippen LogP contribution >= 0.6 is 0 Å². The standard InChI is InChI=1S/C22H21N3O2/c1-23-18-7-9-19(10-8-18)25-20(26)15-22(21(25)27)11-13-24(14-12-22)16-17-5-3-2-4-6-17/h2-10H,11-16H2. The van der Waals surface area contributed by atoms with E-state index in [0.29, 0.717) is 24.2 Å². The van der Waals surface area contributed by atoms with Crippen LogP contribution in [-0.2, 0) is 16.1 Å². The Morgan fingerprint density at radius 2 is 1.63 bits per heavy atom.